The molecule has 3 heteroatoms. The first kappa shape index (κ1) is 13.1. The Kier molecular flexibility index (Phi) is 3.73. The summed E-state index contributed by atoms with van der Waals surface area (Å²) in [5.74, 6) is 0.897. The highest BCUT2D eigenvalue weighted by atomic mass is 32.1. The van der Waals surface area contributed by atoms with Gasteiger partial charge in [-0.15, -0.1) is 11.3 Å². The van der Waals surface area contributed by atoms with E-state index in [0.29, 0.717) is 0 Å². The van der Waals surface area contributed by atoms with Gasteiger partial charge < -0.3 is 9.84 Å². The van der Waals surface area contributed by atoms with E-state index in [4.69, 9.17) is 4.74 Å². The van der Waals surface area contributed by atoms with Crippen LogP contribution in [0, 0.1) is 20.8 Å². The normalized spacial score (nSPS) is 12.5. The summed E-state index contributed by atoms with van der Waals surface area (Å²) in [6.07, 6.45) is -0.549. The summed E-state index contributed by atoms with van der Waals surface area (Å²) in [4.78, 5) is 2.20. The minimum absolute atomic E-state index is 0.549. The zero-order chi connectivity index (χ0) is 13.3. The summed E-state index contributed by atoms with van der Waals surface area (Å²) in [6, 6.07) is 8.00. The van der Waals surface area contributed by atoms with Crippen LogP contribution in [-0.2, 0) is 0 Å². The molecule has 0 unspecified atom stereocenters. The van der Waals surface area contributed by atoms with Gasteiger partial charge in [-0.3, -0.25) is 0 Å². The van der Waals surface area contributed by atoms with Crippen LogP contribution < -0.4 is 4.74 Å². The number of methoxy groups -OCH3 is 1. The van der Waals surface area contributed by atoms with Crippen LogP contribution in [0.5, 0.6) is 5.75 Å². The number of rotatable bonds is 3. The second-order valence-corrected chi connectivity index (χ2v) is 5.86. The summed E-state index contributed by atoms with van der Waals surface area (Å²) < 4.78 is 5.34. The van der Waals surface area contributed by atoms with Crippen LogP contribution in [0.25, 0.3) is 0 Å². The quantitative estimate of drug-likeness (QED) is 0.912. The number of thiophene rings is 1. The minimum Gasteiger partial charge on any atom is -0.496 e. The molecule has 0 aliphatic carbocycles. The lowest BCUT2D eigenvalue weighted by molar-refractivity contribution is 0.224. The van der Waals surface area contributed by atoms with Gasteiger partial charge >= 0.3 is 0 Å². The van der Waals surface area contributed by atoms with Gasteiger partial charge in [-0.1, -0.05) is 0 Å². The van der Waals surface area contributed by atoms with Crippen molar-refractivity contribution in [3.8, 4) is 5.75 Å². The van der Waals surface area contributed by atoms with E-state index in [-0.39, 0.29) is 0 Å². The summed E-state index contributed by atoms with van der Waals surface area (Å²) >= 11 is 1.63. The third kappa shape index (κ3) is 2.42. The van der Waals surface area contributed by atoms with Crippen LogP contribution >= 0.6 is 11.3 Å². The number of ether oxygens (including phenoxy) is 1. The first-order chi connectivity index (χ1) is 8.52. The first-order valence-electron chi connectivity index (χ1n) is 5.92. The van der Waals surface area contributed by atoms with Crippen molar-refractivity contribution < 1.29 is 9.84 Å². The topological polar surface area (TPSA) is 29.5 Å². The number of hydrogen-bond donors (Lipinski definition) is 1. The average molecular weight is 262 g/mol. The zero-order valence-electron chi connectivity index (χ0n) is 11.2. The molecule has 0 spiro atoms. The molecule has 2 rings (SSSR count). The van der Waals surface area contributed by atoms with E-state index in [1.54, 1.807) is 18.4 Å². The van der Waals surface area contributed by atoms with Gasteiger partial charge in [0.05, 0.1) is 7.11 Å². The molecule has 0 fully saturated rings. The molecule has 18 heavy (non-hydrogen) atoms. The van der Waals surface area contributed by atoms with E-state index in [1.807, 2.05) is 45.0 Å². The number of aliphatic hydroxyl groups is 1. The van der Waals surface area contributed by atoms with Gasteiger partial charge in [0.15, 0.2) is 0 Å². The second kappa shape index (κ2) is 5.12. The van der Waals surface area contributed by atoms with Gasteiger partial charge in [-0.2, -0.15) is 0 Å². The molecule has 1 aromatic carbocycles. The molecular weight excluding hydrogens is 244 g/mol. The molecule has 0 aliphatic heterocycles. The lowest BCUT2D eigenvalue weighted by atomic mass is 10.0. The molecule has 1 N–H and O–H groups in total. The fourth-order valence-electron chi connectivity index (χ4n) is 2.23. The highest BCUT2D eigenvalue weighted by Crippen LogP contribution is 2.32. The SMILES string of the molecule is COc1c(C)cc([C@@H](O)c2ccc(C)s2)cc1C. The molecule has 1 heterocycles. The smallest absolute Gasteiger partial charge is 0.124 e. The van der Waals surface area contributed by atoms with Gasteiger partial charge in [0, 0.05) is 9.75 Å². The lowest BCUT2D eigenvalue weighted by Gasteiger charge is -2.14. The minimum atomic E-state index is -0.549. The van der Waals surface area contributed by atoms with Crippen LogP contribution in [0.3, 0.4) is 0 Å². The molecule has 96 valence electrons. The Morgan fingerprint density at radius 2 is 1.72 bits per heavy atom. The Hall–Kier alpha value is -1.32. The largest absolute Gasteiger partial charge is 0.496 e. The monoisotopic (exact) mass is 262 g/mol. The van der Waals surface area contributed by atoms with E-state index in [9.17, 15) is 5.11 Å². The molecule has 0 saturated carbocycles. The van der Waals surface area contributed by atoms with Gasteiger partial charge in [-0.05, 0) is 61.7 Å². The molecule has 0 saturated heterocycles. The number of aryl methyl sites for hydroxylation is 3. The van der Waals surface area contributed by atoms with Crippen LogP contribution in [0.15, 0.2) is 24.3 Å². The van der Waals surface area contributed by atoms with Crippen molar-refractivity contribution in [2.24, 2.45) is 0 Å². The molecule has 0 aliphatic rings. The molecule has 0 amide bonds. The van der Waals surface area contributed by atoms with Crippen LogP contribution in [0.2, 0.25) is 0 Å². The Morgan fingerprint density at radius 3 is 2.17 bits per heavy atom. The fraction of sp³-hybridized carbons (Fsp3) is 0.333. The van der Waals surface area contributed by atoms with E-state index < -0.39 is 6.10 Å². The highest BCUT2D eigenvalue weighted by Gasteiger charge is 2.15. The van der Waals surface area contributed by atoms with Crippen LogP contribution in [0.1, 0.15) is 32.5 Å². The molecule has 0 bridgehead atoms. The van der Waals surface area contributed by atoms with Crippen molar-refractivity contribution in [1.29, 1.82) is 0 Å². The maximum Gasteiger partial charge on any atom is 0.124 e. The predicted molar refractivity (Wildman–Crippen MR) is 75.6 cm³/mol. The van der Waals surface area contributed by atoms with E-state index >= 15 is 0 Å². The van der Waals surface area contributed by atoms with Crippen molar-refractivity contribution in [2.45, 2.75) is 26.9 Å². The van der Waals surface area contributed by atoms with Crippen molar-refractivity contribution in [3.63, 3.8) is 0 Å². The summed E-state index contributed by atoms with van der Waals surface area (Å²) in [6.45, 7) is 6.05. The van der Waals surface area contributed by atoms with Crippen molar-refractivity contribution in [2.75, 3.05) is 7.11 Å². The molecule has 1 aromatic heterocycles. The second-order valence-electron chi connectivity index (χ2n) is 4.54. The van der Waals surface area contributed by atoms with Crippen LogP contribution in [-0.4, -0.2) is 12.2 Å². The first-order valence-corrected chi connectivity index (χ1v) is 6.74. The molecule has 2 nitrogen and oxygen atoms in total. The number of benzene rings is 1. The third-order valence-corrected chi connectivity index (χ3v) is 4.09. The van der Waals surface area contributed by atoms with Gasteiger partial charge in [0.1, 0.15) is 11.9 Å². The van der Waals surface area contributed by atoms with Gasteiger partial charge in [0.25, 0.3) is 0 Å². The zero-order valence-corrected chi connectivity index (χ0v) is 12.0. The van der Waals surface area contributed by atoms with Crippen molar-refractivity contribution in [3.05, 3.63) is 50.7 Å². The number of hydrogen-bond acceptors (Lipinski definition) is 3. The lowest BCUT2D eigenvalue weighted by Crippen LogP contribution is -2.00. The predicted octanol–water partition coefficient (Wildman–Crippen LogP) is 3.76. The summed E-state index contributed by atoms with van der Waals surface area (Å²) in [7, 11) is 1.67. The van der Waals surface area contributed by atoms with Crippen LogP contribution in [0.4, 0.5) is 0 Å². The number of aliphatic hydroxyl groups excluding tert-OH is 1. The van der Waals surface area contributed by atoms with E-state index in [2.05, 4.69) is 0 Å². The summed E-state index contributed by atoms with van der Waals surface area (Å²) in [5.41, 5.74) is 3.03. The summed E-state index contributed by atoms with van der Waals surface area (Å²) in [5, 5.41) is 10.4. The Labute approximate surface area is 112 Å². The molecule has 2 aromatic rings. The van der Waals surface area contributed by atoms with E-state index in [1.165, 1.54) is 4.88 Å². The van der Waals surface area contributed by atoms with Gasteiger partial charge in [0.2, 0.25) is 0 Å². The Balaban J connectivity index is 2.40. The molecule has 1 atom stereocenters. The molecular formula is C15H18O2S. The molecule has 0 radical (unpaired) electrons. The Morgan fingerprint density at radius 1 is 1.11 bits per heavy atom. The Bertz CT molecular complexity index is 534. The average Bonchev–Trinajstić information content (AvgIpc) is 2.74. The van der Waals surface area contributed by atoms with Crippen molar-refractivity contribution in [1.82, 2.24) is 0 Å². The highest BCUT2D eigenvalue weighted by molar-refractivity contribution is 7.12. The van der Waals surface area contributed by atoms with Gasteiger partial charge in [-0.25, -0.2) is 0 Å². The third-order valence-electron chi connectivity index (χ3n) is 3.03. The maximum absolute atomic E-state index is 10.4. The fourth-order valence-corrected chi connectivity index (χ4v) is 3.12. The standard InChI is InChI=1S/C15H18O2S/c1-9-7-12(8-10(2)15(9)17-4)14(16)13-6-5-11(3)18-13/h5-8,14,16H,1-4H3/t14-/m1/s1. The van der Waals surface area contributed by atoms with E-state index in [0.717, 1.165) is 27.3 Å². The maximum atomic E-state index is 10.4. The van der Waals surface area contributed by atoms with Crippen molar-refractivity contribution >= 4 is 11.3 Å².